The number of carbonyl (C=O) groups excluding carboxylic acids is 3. The Bertz CT molecular complexity index is 1240. The lowest BCUT2D eigenvalue weighted by Gasteiger charge is -2.37. The molecule has 2 aromatic rings. The number of rotatable bonds is 5. The molecule has 3 aliphatic rings. The summed E-state index contributed by atoms with van der Waals surface area (Å²) in [6, 6.07) is 8.00. The van der Waals surface area contributed by atoms with Crippen LogP contribution in [-0.2, 0) is 16.0 Å². The quantitative estimate of drug-likeness (QED) is 0.530. The number of hydrogen-bond acceptors (Lipinski definition) is 8. The highest BCUT2D eigenvalue weighted by atomic mass is 16.6. The topological polar surface area (TPSA) is 114 Å². The summed E-state index contributed by atoms with van der Waals surface area (Å²) < 4.78 is 17.3. The second-order valence-electron chi connectivity index (χ2n) is 12.2. The summed E-state index contributed by atoms with van der Waals surface area (Å²) in [7, 11) is 0. The van der Waals surface area contributed by atoms with Crippen molar-refractivity contribution < 1.29 is 28.6 Å². The molecule has 0 aliphatic carbocycles. The molecule has 3 saturated heterocycles. The Morgan fingerprint density at radius 2 is 1.68 bits per heavy atom. The molecule has 220 valence electrons. The molecule has 4 heterocycles. The van der Waals surface area contributed by atoms with Crippen molar-refractivity contribution in [3.8, 4) is 5.75 Å². The van der Waals surface area contributed by atoms with E-state index >= 15 is 0 Å². The van der Waals surface area contributed by atoms with Crippen LogP contribution >= 0.6 is 0 Å². The fourth-order valence-electron chi connectivity index (χ4n) is 5.39. The zero-order chi connectivity index (χ0) is 29.2. The molecule has 11 nitrogen and oxygen atoms in total. The summed E-state index contributed by atoms with van der Waals surface area (Å²) in [5.74, 6) is 0.690. The maximum atomic E-state index is 13.0. The summed E-state index contributed by atoms with van der Waals surface area (Å²) in [5, 5.41) is 0. The number of aryl methyl sites for hydroxylation is 1. The molecule has 1 spiro atoms. The van der Waals surface area contributed by atoms with Crippen molar-refractivity contribution in [3.63, 3.8) is 0 Å². The van der Waals surface area contributed by atoms with Crippen LogP contribution in [-0.4, -0.2) is 92.8 Å². The third-order valence-electron chi connectivity index (χ3n) is 7.70. The summed E-state index contributed by atoms with van der Waals surface area (Å²) in [6.07, 6.45) is 4.92. The Morgan fingerprint density at radius 1 is 1.00 bits per heavy atom. The molecule has 0 saturated carbocycles. The normalized spacial score (nSPS) is 19.3. The molecular weight excluding hydrogens is 526 g/mol. The van der Waals surface area contributed by atoms with Gasteiger partial charge in [0.25, 0.3) is 5.91 Å². The summed E-state index contributed by atoms with van der Waals surface area (Å²) in [5.41, 5.74) is 0.853. The van der Waals surface area contributed by atoms with Gasteiger partial charge in [0, 0.05) is 51.9 Å². The number of ether oxygens (including phenoxy) is 3. The van der Waals surface area contributed by atoms with Crippen LogP contribution in [0.4, 0.5) is 9.59 Å². The number of benzene rings is 1. The zero-order valence-corrected chi connectivity index (χ0v) is 24.3. The zero-order valence-electron chi connectivity index (χ0n) is 24.3. The number of piperidine rings is 2. The van der Waals surface area contributed by atoms with Crippen LogP contribution in [0.25, 0.3) is 0 Å². The number of hydrogen-bond donors (Lipinski definition) is 0. The highest BCUT2D eigenvalue weighted by Crippen LogP contribution is 2.34. The van der Waals surface area contributed by atoms with Gasteiger partial charge in [-0.1, -0.05) is 17.7 Å². The second kappa shape index (κ2) is 11.5. The van der Waals surface area contributed by atoms with E-state index in [9.17, 15) is 14.4 Å². The SMILES string of the molecule is Cc1ccc(OC2CCN(C(=O)c3cnc(CN4CC5(CCN(C(=O)OC(C)(C)C)CC5)OC4=O)cn3)CC2)cc1. The molecule has 1 aromatic carbocycles. The van der Waals surface area contributed by atoms with Crippen LogP contribution < -0.4 is 4.74 Å². The minimum absolute atomic E-state index is 0.0725. The fourth-order valence-corrected chi connectivity index (χ4v) is 5.39. The van der Waals surface area contributed by atoms with Crippen molar-refractivity contribution in [1.29, 1.82) is 0 Å². The van der Waals surface area contributed by atoms with Crippen LogP contribution in [0.1, 0.15) is 68.2 Å². The van der Waals surface area contributed by atoms with E-state index in [1.165, 1.54) is 11.8 Å². The summed E-state index contributed by atoms with van der Waals surface area (Å²) >= 11 is 0. The van der Waals surface area contributed by atoms with Crippen molar-refractivity contribution in [2.45, 2.75) is 77.2 Å². The fraction of sp³-hybridized carbons (Fsp3) is 0.567. The first-order chi connectivity index (χ1) is 19.5. The summed E-state index contributed by atoms with van der Waals surface area (Å²) in [6.45, 7) is 10.3. The van der Waals surface area contributed by atoms with Gasteiger partial charge in [-0.3, -0.25) is 14.7 Å². The van der Waals surface area contributed by atoms with E-state index in [1.807, 2.05) is 52.0 Å². The second-order valence-corrected chi connectivity index (χ2v) is 12.2. The Labute approximate surface area is 240 Å². The Morgan fingerprint density at radius 3 is 2.29 bits per heavy atom. The average molecular weight is 566 g/mol. The number of aromatic nitrogens is 2. The molecular formula is C30H39N5O6. The number of carbonyl (C=O) groups is 3. The van der Waals surface area contributed by atoms with E-state index in [0.717, 1.165) is 18.6 Å². The molecule has 0 atom stereocenters. The Balaban J connectivity index is 1.09. The average Bonchev–Trinajstić information content (AvgIpc) is 3.23. The summed E-state index contributed by atoms with van der Waals surface area (Å²) in [4.78, 5) is 51.9. The Hall–Kier alpha value is -3.89. The third kappa shape index (κ3) is 7.07. The van der Waals surface area contributed by atoms with Gasteiger partial charge in [-0.15, -0.1) is 0 Å². The monoisotopic (exact) mass is 565 g/mol. The maximum absolute atomic E-state index is 13.0. The van der Waals surface area contributed by atoms with E-state index in [-0.39, 0.29) is 30.3 Å². The molecule has 5 rings (SSSR count). The van der Waals surface area contributed by atoms with Crippen molar-refractivity contribution in [2.24, 2.45) is 0 Å². The van der Waals surface area contributed by atoms with Crippen molar-refractivity contribution >= 4 is 18.1 Å². The van der Waals surface area contributed by atoms with E-state index in [2.05, 4.69) is 9.97 Å². The minimum atomic E-state index is -0.631. The lowest BCUT2D eigenvalue weighted by Crippen LogP contribution is -2.49. The molecule has 0 bridgehead atoms. The predicted molar refractivity (Wildman–Crippen MR) is 149 cm³/mol. The van der Waals surface area contributed by atoms with Gasteiger partial charge in [0.1, 0.15) is 28.7 Å². The van der Waals surface area contributed by atoms with Crippen LogP contribution in [0, 0.1) is 6.92 Å². The number of amides is 3. The molecule has 3 aliphatic heterocycles. The molecule has 0 radical (unpaired) electrons. The highest BCUT2D eigenvalue weighted by molar-refractivity contribution is 5.92. The smallest absolute Gasteiger partial charge is 0.410 e. The standard InChI is InChI=1S/C30H39N5O6/c1-21-5-7-23(8-6-21)39-24-9-13-33(14-10-24)26(36)25-18-31-22(17-32-25)19-35-20-30(41-28(35)38)11-15-34(16-12-30)27(37)40-29(2,3)4/h5-8,17-18,24H,9-16,19-20H2,1-4H3. The molecule has 41 heavy (non-hydrogen) atoms. The number of nitrogens with zero attached hydrogens (tertiary/aromatic N) is 5. The van der Waals surface area contributed by atoms with Crippen LogP contribution in [0.2, 0.25) is 0 Å². The Kier molecular flexibility index (Phi) is 8.06. The van der Waals surface area contributed by atoms with Gasteiger partial charge in [-0.2, -0.15) is 0 Å². The van der Waals surface area contributed by atoms with Crippen molar-refractivity contribution in [3.05, 3.63) is 53.6 Å². The molecule has 0 N–H and O–H groups in total. The third-order valence-corrected chi connectivity index (χ3v) is 7.70. The van der Waals surface area contributed by atoms with Gasteiger partial charge in [-0.25, -0.2) is 14.6 Å². The van der Waals surface area contributed by atoms with E-state index in [4.69, 9.17) is 14.2 Å². The molecule has 0 unspecified atom stereocenters. The first kappa shape index (κ1) is 28.6. The van der Waals surface area contributed by atoms with E-state index in [1.54, 1.807) is 20.9 Å². The van der Waals surface area contributed by atoms with Gasteiger partial charge < -0.3 is 24.0 Å². The maximum Gasteiger partial charge on any atom is 0.410 e. The lowest BCUT2D eigenvalue weighted by molar-refractivity contribution is -0.0170. The lowest BCUT2D eigenvalue weighted by atomic mass is 9.91. The molecule has 3 fully saturated rings. The molecule has 11 heteroatoms. The van der Waals surface area contributed by atoms with E-state index in [0.29, 0.717) is 51.3 Å². The van der Waals surface area contributed by atoms with Crippen LogP contribution in [0.5, 0.6) is 5.75 Å². The van der Waals surface area contributed by atoms with Gasteiger partial charge in [0.2, 0.25) is 0 Å². The predicted octanol–water partition coefficient (Wildman–Crippen LogP) is 4.19. The highest BCUT2D eigenvalue weighted by Gasteiger charge is 2.48. The van der Waals surface area contributed by atoms with Crippen LogP contribution in [0.15, 0.2) is 36.7 Å². The van der Waals surface area contributed by atoms with Crippen molar-refractivity contribution in [1.82, 2.24) is 24.7 Å². The van der Waals surface area contributed by atoms with Crippen molar-refractivity contribution in [2.75, 3.05) is 32.7 Å². The van der Waals surface area contributed by atoms with Crippen LogP contribution in [0.3, 0.4) is 0 Å². The minimum Gasteiger partial charge on any atom is -0.490 e. The largest absolute Gasteiger partial charge is 0.490 e. The molecule has 1 aromatic heterocycles. The molecule has 3 amide bonds. The van der Waals surface area contributed by atoms with Gasteiger partial charge in [0.05, 0.1) is 31.2 Å². The van der Waals surface area contributed by atoms with E-state index < -0.39 is 17.3 Å². The van der Waals surface area contributed by atoms with Gasteiger partial charge >= 0.3 is 12.2 Å². The van der Waals surface area contributed by atoms with Gasteiger partial charge in [-0.05, 0) is 39.8 Å². The van der Waals surface area contributed by atoms with Gasteiger partial charge in [0.15, 0.2) is 0 Å². The first-order valence-corrected chi connectivity index (χ1v) is 14.3. The first-order valence-electron chi connectivity index (χ1n) is 14.3. The number of likely N-dealkylation sites (tertiary alicyclic amines) is 2.